The minimum atomic E-state index is -0.538. The molecule has 1 aliphatic rings. The fraction of sp³-hybridized carbons (Fsp3) is 0.700. The summed E-state index contributed by atoms with van der Waals surface area (Å²) in [5.74, 6) is -0.455. The van der Waals surface area contributed by atoms with Crippen molar-refractivity contribution >= 4 is 40.8 Å². The second-order valence-corrected chi connectivity index (χ2v) is 4.97. The highest BCUT2D eigenvalue weighted by Gasteiger charge is 2.48. The molecule has 0 saturated carbocycles. The quantitative estimate of drug-likeness (QED) is 0.725. The van der Waals surface area contributed by atoms with Gasteiger partial charge in [0.05, 0.1) is 11.5 Å². The SMILES string of the molecule is CCC1(CC)OC(=O)CC1C(Cl)=C(Cl)Cl. The van der Waals surface area contributed by atoms with Gasteiger partial charge in [0, 0.05) is 5.92 Å². The average molecular weight is 272 g/mol. The normalized spacial score (nSPS) is 23.8. The van der Waals surface area contributed by atoms with Crippen LogP contribution in [0.5, 0.6) is 0 Å². The van der Waals surface area contributed by atoms with Crippen LogP contribution in [0.15, 0.2) is 9.52 Å². The lowest BCUT2D eigenvalue weighted by Crippen LogP contribution is -2.34. The number of cyclic esters (lactones) is 1. The second kappa shape index (κ2) is 4.94. The third-order valence-corrected chi connectivity index (χ3v) is 4.06. The molecule has 0 bridgehead atoms. The van der Waals surface area contributed by atoms with E-state index in [-0.39, 0.29) is 22.8 Å². The maximum absolute atomic E-state index is 11.3. The van der Waals surface area contributed by atoms with Crippen molar-refractivity contribution in [1.29, 1.82) is 0 Å². The summed E-state index contributed by atoms with van der Waals surface area (Å²) in [5, 5.41) is 0.327. The van der Waals surface area contributed by atoms with Crippen molar-refractivity contribution in [1.82, 2.24) is 0 Å². The fourth-order valence-corrected chi connectivity index (χ4v) is 2.57. The molecule has 0 amide bonds. The van der Waals surface area contributed by atoms with Crippen LogP contribution in [-0.4, -0.2) is 11.6 Å². The Bertz CT molecular complexity index is 291. The van der Waals surface area contributed by atoms with Crippen molar-refractivity contribution in [3.8, 4) is 0 Å². The van der Waals surface area contributed by atoms with Gasteiger partial charge in [0.2, 0.25) is 0 Å². The van der Waals surface area contributed by atoms with Crippen LogP contribution >= 0.6 is 34.8 Å². The summed E-state index contributed by atoms with van der Waals surface area (Å²) in [6.45, 7) is 3.92. The molecule has 0 aliphatic carbocycles. The molecular formula is C10H13Cl3O2. The molecule has 1 saturated heterocycles. The predicted octanol–water partition coefficient (Wildman–Crippen LogP) is 3.99. The number of halogens is 3. The number of carbonyl (C=O) groups is 1. The molecule has 1 fully saturated rings. The van der Waals surface area contributed by atoms with E-state index in [0.29, 0.717) is 17.9 Å². The van der Waals surface area contributed by atoms with Crippen LogP contribution in [-0.2, 0) is 9.53 Å². The van der Waals surface area contributed by atoms with Crippen molar-refractivity contribution < 1.29 is 9.53 Å². The van der Waals surface area contributed by atoms with E-state index in [9.17, 15) is 4.79 Å². The fourth-order valence-electron chi connectivity index (χ4n) is 2.03. The molecule has 0 aromatic heterocycles. The molecule has 1 atom stereocenters. The third-order valence-electron chi connectivity index (χ3n) is 3.01. The van der Waals surface area contributed by atoms with Crippen LogP contribution in [0, 0.1) is 5.92 Å². The molecule has 0 radical (unpaired) electrons. The van der Waals surface area contributed by atoms with E-state index in [1.54, 1.807) is 0 Å². The summed E-state index contributed by atoms with van der Waals surface area (Å²) in [5.41, 5.74) is -0.538. The maximum Gasteiger partial charge on any atom is 0.307 e. The first-order chi connectivity index (χ1) is 6.96. The van der Waals surface area contributed by atoms with Crippen LogP contribution in [0.2, 0.25) is 0 Å². The van der Waals surface area contributed by atoms with Crippen molar-refractivity contribution in [2.45, 2.75) is 38.7 Å². The van der Waals surface area contributed by atoms with Crippen molar-refractivity contribution in [3.63, 3.8) is 0 Å². The van der Waals surface area contributed by atoms with Gasteiger partial charge in [-0.15, -0.1) is 0 Å². The van der Waals surface area contributed by atoms with Crippen LogP contribution in [0.1, 0.15) is 33.1 Å². The summed E-state index contributed by atoms with van der Waals surface area (Å²) < 4.78 is 5.38. The van der Waals surface area contributed by atoms with Crippen LogP contribution in [0.3, 0.4) is 0 Å². The zero-order valence-electron chi connectivity index (χ0n) is 8.65. The highest BCUT2D eigenvalue weighted by atomic mass is 35.5. The summed E-state index contributed by atoms with van der Waals surface area (Å²) in [6, 6.07) is 0. The van der Waals surface area contributed by atoms with Crippen LogP contribution < -0.4 is 0 Å². The zero-order chi connectivity index (χ0) is 11.6. The molecule has 0 aromatic carbocycles. The maximum atomic E-state index is 11.3. The van der Waals surface area contributed by atoms with Gasteiger partial charge >= 0.3 is 5.97 Å². The smallest absolute Gasteiger partial charge is 0.307 e. The lowest BCUT2D eigenvalue weighted by molar-refractivity contribution is -0.149. The minimum Gasteiger partial charge on any atom is -0.458 e. The summed E-state index contributed by atoms with van der Waals surface area (Å²) in [4.78, 5) is 11.3. The predicted molar refractivity (Wildman–Crippen MR) is 62.1 cm³/mol. The first-order valence-corrected chi connectivity index (χ1v) is 6.02. The molecule has 1 unspecified atom stereocenters. The second-order valence-electron chi connectivity index (χ2n) is 3.61. The van der Waals surface area contributed by atoms with Gasteiger partial charge in [-0.3, -0.25) is 4.79 Å². The average Bonchev–Trinajstić information content (AvgIpc) is 2.54. The Balaban J connectivity index is 3.06. The van der Waals surface area contributed by atoms with Gasteiger partial charge in [0.15, 0.2) is 0 Å². The molecule has 1 aliphatic heterocycles. The molecule has 1 heterocycles. The van der Waals surface area contributed by atoms with E-state index < -0.39 is 5.60 Å². The Kier molecular flexibility index (Phi) is 4.33. The van der Waals surface area contributed by atoms with Gasteiger partial charge in [-0.05, 0) is 12.8 Å². The van der Waals surface area contributed by atoms with Crippen LogP contribution in [0.4, 0.5) is 0 Å². The number of rotatable bonds is 3. The number of esters is 1. The highest BCUT2D eigenvalue weighted by molar-refractivity contribution is 6.59. The van der Waals surface area contributed by atoms with E-state index in [1.807, 2.05) is 13.8 Å². The van der Waals surface area contributed by atoms with Gasteiger partial charge in [0.25, 0.3) is 0 Å². The summed E-state index contributed by atoms with van der Waals surface area (Å²) in [6.07, 6.45) is 1.66. The van der Waals surface area contributed by atoms with Crippen LogP contribution in [0.25, 0.3) is 0 Å². The number of hydrogen-bond donors (Lipinski definition) is 0. The summed E-state index contributed by atoms with van der Waals surface area (Å²) in [7, 11) is 0. The molecule has 1 rings (SSSR count). The van der Waals surface area contributed by atoms with Gasteiger partial charge in [0.1, 0.15) is 10.1 Å². The van der Waals surface area contributed by atoms with E-state index in [2.05, 4.69) is 0 Å². The molecule has 0 spiro atoms. The molecule has 86 valence electrons. The number of ether oxygens (including phenoxy) is 1. The Labute approximate surface area is 105 Å². The summed E-state index contributed by atoms with van der Waals surface area (Å²) >= 11 is 17.3. The van der Waals surface area contributed by atoms with E-state index >= 15 is 0 Å². The molecular weight excluding hydrogens is 258 g/mol. The zero-order valence-corrected chi connectivity index (χ0v) is 10.9. The first kappa shape index (κ1) is 13.1. The first-order valence-electron chi connectivity index (χ1n) is 4.89. The Morgan fingerprint density at radius 2 is 1.93 bits per heavy atom. The molecule has 5 heteroatoms. The standard InChI is InChI=1S/C10H13Cl3O2/c1-3-10(4-2)6(5-7(14)15-10)8(11)9(12)13/h6H,3-5H2,1-2H3. The van der Waals surface area contributed by atoms with Crippen molar-refractivity contribution in [2.75, 3.05) is 0 Å². The Morgan fingerprint density at radius 1 is 1.40 bits per heavy atom. The van der Waals surface area contributed by atoms with Gasteiger partial charge in [-0.2, -0.15) is 0 Å². The van der Waals surface area contributed by atoms with Gasteiger partial charge in [-0.25, -0.2) is 0 Å². The molecule has 0 N–H and O–H groups in total. The largest absolute Gasteiger partial charge is 0.458 e. The van der Waals surface area contributed by atoms with E-state index in [1.165, 1.54) is 0 Å². The Hall–Kier alpha value is 0.0800. The lowest BCUT2D eigenvalue weighted by atomic mass is 9.83. The monoisotopic (exact) mass is 270 g/mol. The molecule has 0 aromatic rings. The highest BCUT2D eigenvalue weighted by Crippen LogP contribution is 2.45. The van der Waals surface area contributed by atoms with E-state index in [0.717, 1.165) is 0 Å². The molecule has 15 heavy (non-hydrogen) atoms. The van der Waals surface area contributed by atoms with Crippen molar-refractivity contribution in [2.24, 2.45) is 5.92 Å². The van der Waals surface area contributed by atoms with E-state index in [4.69, 9.17) is 39.5 Å². The lowest BCUT2D eigenvalue weighted by Gasteiger charge is -2.31. The minimum absolute atomic E-state index is 0.0197. The van der Waals surface area contributed by atoms with Gasteiger partial charge in [-0.1, -0.05) is 48.7 Å². The van der Waals surface area contributed by atoms with Gasteiger partial charge < -0.3 is 4.74 Å². The topological polar surface area (TPSA) is 26.3 Å². The van der Waals surface area contributed by atoms with Crippen molar-refractivity contribution in [3.05, 3.63) is 9.52 Å². The number of carbonyl (C=O) groups excluding carboxylic acids is 1. The molecule has 2 nitrogen and oxygen atoms in total. The Morgan fingerprint density at radius 3 is 2.33 bits per heavy atom. The number of hydrogen-bond acceptors (Lipinski definition) is 2. The third kappa shape index (κ3) is 2.43.